The summed E-state index contributed by atoms with van der Waals surface area (Å²) in [5, 5.41) is 1.87. The molecule has 2 heterocycles. The number of hydrogen-bond donors (Lipinski definition) is 2. The number of hydrazine groups is 1. The third kappa shape index (κ3) is 4.53. The first kappa shape index (κ1) is 19.8. The highest BCUT2D eigenvalue weighted by Crippen LogP contribution is 2.31. The van der Waals surface area contributed by atoms with Crippen LogP contribution in [0.5, 0.6) is 5.75 Å². The molecule has 0 radical (unpaired) electrons. The number of ether oxygens (including phenoxy) is 1. The molecular formula is C22H23N3O5. The summed E-state index contributed by atoms with van der Waals surface area (Å²) in [4.78, 5) is 37.5. The Hall–Kier alpha value is -3.55. The SMILES string of the molecule is O=C(COc1ccc2oc3ccccc3c2c1)NNC(=O)CN1CCCCCC1=O. The summed E-state index contributed by atoms with van der Waals surface area (Å²) in [6.07, 6.45) is 3.18. The van der Waals surface area contributed by atoms with E-state index in [9.17, 15) is 14.4 Å². The standard InChI is InChI=1S/C22H23N3O5/c26-20(13-25-11-5-1-2-8-22(25)28)23-24-21(27)14-29-15-9-10-19-17(12-15)16-6-3-4-7-18(16)30-19/h3-4,6-7,9-10,12H,1-2,5,8,11,13-14H2,(H,23,26)(H,24,27). The fourth-order valence-electron chi connectivity index (χ4n) is 3.54. The third-order valence-corrected chi connectivity index (χ3v) is 5.07. The van der Waals surface area contributed by atoms with Gasteiger partial charge in [-0.2, -0.15) is 0 Å². The summed E-state index contributed by atoms with van der Waals surface area (Å²) in [6, 6.07) is 13.0. The molecule has 0 unspecified atom stereocenters. The Morgan fingerprint density at radius 2 is 1.77 bits per heavy atom. The summed E-state index contributed by atoms with van der Waals surface area (Å²) < 4.78 is 11.3. The van der Waals surface area contributed by atoms with Crippen LogP contribution in [0.15, 0.2) is 46.9 Å². The molecule has 1 fully saturated rings. The number of fused-ring (bicyclic) bond motifs is 3. The van der Waals surface area contributed by atoms with Crippen LogP contribution >= 0.6 is 0 Å². The van der Waals surface area contributed by atoms with Gasteiger partial charge in [-0.15, -0.1) is 0 Å². The Morgan fingerprint density at radius 3 is 2.67 bits per heavy atom. The van der Waals surface area contributed by atoms with Crippen LogP contribution in [0.3, 0.4) is 0 Å². The molecule has 30 heavy (non-hydrogen) atoms. The molecule has 8 heteroatoms. The average Bonchev–Trinajstić information content (AvgIpc) is 3.00. The second-order valence-corrected chi connectivity index (χ2v) is 7.27. The normalized spacial score (nSPS) is 14.5. The maximum Gasteiger partial charge on any atom is 0.276 e. The van der Waals surface area contributed by atoms with E-state index in [4.69, 9.17) is 9.15 Å². The first-order valence-corrected chi connectivity index (χ1v) is 10.00. The van der Waals surface area contributed by atoms with E-state index in [1.54, 1.807) is 12.1 Å². The molecule has 2 aromatic carbocycles. The second kappa shape index (κ2) is 8.86. The van der Waals surface area contributed by atoms with E-state index in [0.717, 1.165) is 41.2 Å². The summed E-state index contributed by atoms with van der Waals surface area (Å²) in [5.74, 6) is -0.447. The molecule has 1 aliphatic heterocycles. The van der Waals surface area contributed by atoms with E-state index in [2.05, 4.69) is 10.9 Å². The molecule has 1 aliphatic rings. The van der Waals surface area contributed by atoms with Gasteiger partial charge in [0.15, 0.2) is 6.61 Å². The Kier molecular flexibility index (Phi) is 5.83. The van der Waals surface area contributed by atoms with Crippen LogP contribution in [-0.4, -0.2) is 42.3 Å². The summed E-state index contributed by atoms with van der Waals surface area (Å²) in [7, 11) is 0. The van der Waals surface area contributed by atoms with E-state index in [-0.39, 0.29) is 19.1 Å². The summed E-state index contributed by atoms with van der Waals surface area (Å²) in [5.41, 5.74) is 6.17. The van der Waals surface area contributed by atoms with E-state index >= 15 is 0 Å². The molecule has 4 rings (SSSR count). The van der Waals surface area contributed by atoms with Gasteiger partial charge in [-0.05, 0) is 37.1 Å². The maximum atomic E-state index is 12.0. The van der Waals surface area contributed by atoms with Crippen molar-refractivity contribution in [1.82, 2.24) is 15.8 Å². The van der Waals surface area contributed by atoms with Crippen molar-refractivity contribution >= 4 is 39.7 Å². The van der Waals surface area contributed by atoms with Crippen molar-refractivity contribution in [1.29, 1.82) is 0 Å². The fraction of sp³-hybridized carbons (Fsp3) is 0.318. The zero-order valence-corrected chi connectivity index (χ0v) is 16.5. The Labute approximate surface area is 173 Å². The van der Waals surface area contributed by atoms with Gasteiger partial charge in [0.25, 0.3) is 11.8 Å². The third-order valence-electron chi connectivity index (χ3n) is 5.07. The maximum absolute atomic E-state index is 12.0. The predicted molar refractivity (Wildman–Crippen MR) is 111 cm³/mol. The Morgan fingerprint density at radius 1 is 0.967 bits per heavy atom. The molecule has 0 bridgehead atoms. The number of amides is 3. The number of likely N-dealkylation sites (tertiary alicyclic amines) is 1. The van der Waals surface area contributed by atoms with Crippen LogP contribution in [0.2, 0.25) is 0 Å². The lowest BCUT2D eigenvalue weighted by atomic mass is 10.1. The van der Waals surface area contributed by atoms with Crippen molar-refractivity contribution < 1.29 is 23.5 Å². The first-order valence-electron chi connectivity index (χ1n) is 10.00. The fourth-order valence-corrected chi connectivity index (χ4v) is 3.54. The monoisotopic (exact) mass is 409 g/mol. The topological polar surface area (TPSA) is 101 Å². The molecule has 3 aromatic rings. The van der Waals surface area contributed by atoms with Crippen LogP contribution in [-0.2, 0) is 14.4 Å². The molecule has 3 amide bonds. The number of carbonyl (C=O) groups is 3. The van der Waals surface area contributed by atoms with Crippen LogP contribution in [0, 0.1) is 0 Å². The highest BCUT2D eigenvalue weighted by molar-refractivity contribution is 6.05. The largest absolute Gasteiger partial charge is 0.484 e. The number of nitrogens with zero attached hydrogens (tertiary/aromatic N) is 1. The zero-order valence-electron chi connectivity index (χ0n) is 16.5. The number of hydrogen-bond acceptors (Lipinski definition) is 5. The minimum Gasteiger partial charge on any atom is -0.484 e. The number of carbonyl (C=O) groups excluding carboxylic acids is 3. The number of rotatable bonds is 5. The molecule has 1 saturated heterocycles. The van der Waals surface area contributed by atoms with Gasteiger partial charge in [-0.1, -0.05) is 24.6 Å². The predicted octanol–water partition coefficient (Wildman–Crippen LogP) is 2.51. The lowest BCUT2D eigenvalue weighted by Gasteiger charge is -2.19. The average molecular weight is 409 g/mol. The van der Waals surface area contributed by atoms with Gasteiger partial charge < -0.3 is 14.1 Å². The van der Waals surface area contributed by atoms with Crippen molar-refractivity contribution in [2.75, 3.05) is 19.7 Å². The summed E-state index contributed by atoms with van der Waals surface area (Å²) in [6.45, 7) is 0.239. The molecular weight excluding hydrogens is 386 g/mol. The lowest BCUT2D eigenvalue weighted by molar-refractivity contribution is -0.136. The highest BCUT2D eigenvalue weighted by atomic mass is 16.5. The molecule has 156 valence electrons. The minimum atomic E-state index is -0.498. The van der Waals surface area contributed by atoms with E-state index < -0.39 is 11.8 Å². The lowest BCUT2D eigenvalue weighted by Crippen LogP contribution is -2.48. The molecule has 8 nitrogen and oxygen atoms in total. The van der Waals surface area contributed by atoms with Crippen molar-refractivity contribution in [3.63, 3.8) is 0 Å². The zero-order chi connectivity index (χ0) is 20.9. The smallest absolute Gasteiger partial charge is 0.276 e. The second-order valence-electron chi connectivity index (χ2n) is 7.27. The van der Waals surface area contributed by atoms with Crippen LogP contribution in [0.4, 0.5) is 0 Å². The van der Waals surface area contributed by atoms with E-state index in [1.807, 2.05) is 30.3 Å². The molecule has 2 N–H and O–H groups in total. The van der Waals surface area contributed by atoms with E-state index in [0.29, 0.717) is 18.7 Å². The minimum absolute atomic E-state index is 0.0283. The Bertz CT molecular complexity index is 1090. The number of para-hydroxylation sites is 1. The number of nitrogens with one attached hydrogen (secondary N) is 2. The van der Waals surface area contributed by atoms with Gasteiger partial charge in [0.2, 0.25) is 5.91 Å². The van der Waals surface area contributed by atoms with Gasteiger partial charge in [0.1, 0.15) is 23.5 Å². The highest BCUT2D eigenvalue weighted by Gasteiger charge is 2.19. The van der Waals surface area contributed by atoms with Crippen LogP contribution < -0.4 is 15.6 Å². The van der Waals surface area contributed by atoms with E-state index in [1.165, 1.54) is 4.90 Å². The van der Waals surface area contributed by atoms with Crippen molar-refractivity contribution in [3.05, 3.63) is 42.5 Å². The van der Waals surface area contributed by atoms with Crippen LogP contribution in [0.25, 0.3) is 21.9 Å². The van der Waals surface area contributed by atoms with Crippen molar-refractivity contribution in [2.45, 2.75) is 25.7 Å². The van der Waals surface area contributed by atoms with Gasteiger partial charge in [-0.25, -0.2) is 0 Å². The number of benzene rings is 2. The van der Waals surface area contributed by atoms with Gasteiger partial charge in [0, 0.05) is 23.7 Å². The van der Waals surface area contributed by atoms with Crippen molar-refractivity contribution in [2.24, 2.45) is 0 Å². The molecule has 0 saturated carbocycles. The van der Waals surface area contributed by atoms with Gasteiger partial charge in [0.05, 0.1) is 0 Å². The quantitative estimate of drug-likeness (QED) is 0.631. The summed E-state index contributed by atoms with van der Waals surface area (Å²) >= 11 is 0. The molecule has 1 aromatic heterocycles. The first-order chi connectivity index (χ1) is 14.6. The number of furan rings is 1. The van der Waals surface area contributed by atoms with Crippen LogP contribution in [0.1, 0.15) is 25.7 Å². The van der Waals surface area contributed by atoms with Crippen molar-refractivity contribution in [3.8, 4) is 5.75 Å². The molecule has 0 aliphatic carbocycles. The van der Waals surface area contributed by atoms with Gasteiger partial charge >= 0.3 is 0 Å². The molecule has 0 atom stereocenters. The van der Waals surface area contributed by atoms with Gasteiger partial charge in [-0.3, -0.25) is 25.2 Å². The molecule has 0 spiro atoms. The Balaban J connectivity index is 1.28.